The summed E-state index contributed by atoms with van der Waals surface area (Å²) in [6, 6.07) is 0. The highest BCUT2D eigenvalue weighted by molar-refractivity contribution is 4.56. The molecule has 114 valence electrons. The van der Waals surface area contributed by atoms with E-state index in [1.807, 2.05) is 6.92 Å². The zero-order valence-corrected chi connectivity index (χ0v) is 13.9. The fourth-order valence-electron chi connectivity index (χ4n) is 0.824. The first-order chi connectivity index (χ1) is 8.21. The van der Waals surface area contributed by atoms with Gasteiger partial charge in [-0.2, -0.15) is 0 Å². The Labute approximate surface area is 115 Å². The molecule has 0 unspecified atom stereocenters. The quantitative estimate of drug-likeness (QED) is 0.762. The van der Waals surface area contributed by atoms with Crippen molar-refractivity contribution in [3.63, 3.8) is 0 Å². The third-order valence-corrected chi connectivity index (χ3v) is 1.27. The molecule has 0 aromatic heterocycles. The predicted octanol–water partition coefficient (Wildman–Crippen LogP) is 4.03. The maximum atomic E-state index is 8.06. The topological polar surface area (TPSA) is 38.7 Å². The van der Waals surface area contributed by atoms with Gasteiger partial charge in [-0.05, 0) is 54.4 Å². The highest BCUT2D eigenvalue weighted by atomic mass is 16.5. The molecule has 18 heavy (non-hydrogen) atoms. The number of rotatable bonds is 5. The Morgan fingerprint density at radius 1 is 0.944 bits per heavy atom. The summed E-state index contributed by atoms with van der Waals surface area (Å²) < 4.78 is 10.4. The van der Waals surface area contributed by atoms with E-state index in [1.54, 1.807) is 13.8 Å². The van der Waals surface area contributed by atoms with Crippen LogP contribution in [0.3, 0.4) is 0 Å². The van der Waals surface area contributed by atoms with Crippen molar-refractivity contribution in [2.45, 2.75) is 79.9 Å². The van der Waals surface area contributed by atoms with Gasteiger partial charge in [0, 0.05) is 25.9 Å². The SMILES string of the molecule is CC(C)O.CCCOCCC.CCOC(C)(C)C. The number of hydrogen-bond acceptors (Lipinski definition) is 3. The van der Waals surface area contributed by atoms with Crippen molar-refractivity contribution in [3.05, 3.63) is 0 Å². The summed E-state index contributed by atoms with van der Waals surface area (Å²) in [6.07, 6.45) is 2.11. The Morgan fingerprint density at radius 3 is 1.39 bits per heavy atom. The Hall–Kier alpha value is -0.120. The van der Waals surface area contributed by atoms with E-state index in [1.165, 1.54) is 0 Å². The molecule has 3 heteroatoms. The number of hydrogen-bond donors (Lipinski definition) is 1. The summed E-state index contributed by atoms with van der Waals surface area (Å²) >= 11 is 0. The van der Waals surface area contributed by atoms with Crippen LogP contribution in [0.4, 0.5) is 0 Å². The van der Waals surface area contributed by atoms with Gasteiger partial charge in [0.25, 0.3) is 0 Å². The maximum Gasteiger partial charge on any atom is 0.0598 e. The summed E-state index contributed by atoms with van der Waals surface area (Å²) in [5.74, 6) is 0. The Bertz CT molecular complexity index is 121. The minimum Gasteiger partial charge on any atom is -0.394 e. The van der Waals surface area contributed by atoms with Crippen molar-refractivity contribution >= 4 is 0 Å². The van der Waals surface area contributed by atoms with Gasteiger partial charge < -0.3 is 14.6 Å². The molecule has 0 fully saturated rings. The molecular weight excluding hydrogens is 228 g/mol. The van der Waals surface area contributed by atoms with Gasteiger partial charge in [-0.1, -0.05) is 13.8 Å². The number of aliphatic hydroxyl groups excluding tert-OH is 1. The average molecular weight is 264 g/mol. The molecule has 0 radical (unpaired) electrons. The minimum atomic E-state index is -0.167. The Kier molecular flexibility index (Phi) is 21.6. The van der Waals surface area contributed by atoms with Crippen LogP contribution in [-0.4, -0.2) is 36.6 Å². The van der Waals surface area contributed by atoms with Crippen LogP contribution in [0, 0.1) is 0 Å². The van der Waals surface area contributed by atoms with Crippen LogP contribution < -0.4 is 0 Å². The first-order valence-electron chi connectivity index (χ1n) is 7.10. The molecule has 0 spiro atoms. The standard InChI is InChI=1S/2C6H14O.C3H8O/c1-5-7-6(2,3)4;1-3-5-7-6-4-2;1-3(2)4/h5H2,1-4H3;3-6H2,1-2H3;3-4H,1-2H3. The molecule has 1 N–H and O–H groups in total. The van der Waals surface area contributed by atoms with Gasteiger partial charge in [0.2, 0.25) is 0 Å². The molecule has 0 saturated heterocycles. The second kappa shape index (κ2) is 16.9. The Balaban J connectivity index is -0.000000196. The molecule has 0 heterocycles. The van der Waals surface area contributed by atoms with E-state index in [0.29, 0.717) is 0 Å². The van der Waals surface area contributed by atoms with Crippen molar-refractivity contribution < 1.29 is 14.6 Å². The van der Waals surface area contributed by atoms with Crippen LogP contribution in [0.2, 0.25) is 0 Å². The molecule has 0 rings (SSSR count). The fourth-order valence-corrected chi connectivity index (χ4v) is 0.824. The van der Waals surface area contributed by atoms with Crippen molar-refractivity contribution in [1.29, 1.82) is 0 Å². The van der Waals surface area contributed by atoms with Gasteiger partial charge in [-0.3, -0.25) is 0 Å². The molecule has 0 amide bonds. The average Bonchev–Trinajstić information content (AvgIpc) is 2.16. The van der Waals surface area contributed by atoms with Crippen molar-refractivity contribution in [3.8, 4) is 0 Å². The smallest absolute Gasteiger partial charge is 0.0598 e. The molecule has 0 saturated carbocycles. The van der Waals surface area contributed by atoms with E-state index in [9.17, 15) is 0 Å². The molecular formula is C15H36O3. The molecule has 0 bridgehead atoms. The molecule has 0 aliphatic heterocycles. The second-order valence-electron chi connectivity index (χ2n) is 5.25. The van der Waals surface area contributed by atoms with E-state index in [2.05, 4.69) is 34.6 Å². The fraction of sp³-hybridized carbons (Fsp3) is 1.00. The van der Waals surface area contributed by atoms with Crippen molar-refractivity contribution in [1.82, 2.24) is 0 Å². The van der Waals surface area contributed by atoms with Crippen LogP contribution in [0.15, 0.2) is 0 Å². The van der Waals surface area contributed by atoms with Gasteiger partial charge >= 0.3 is 0 Å². The first kappa shape index (κ1) is 23.0. The zero-order chi connectivity index (χ0) is 15.0. The van der Waals surface area contributed by atoms with Gasteiger partial charge in [0.1, 0.15) is 0 Å². The van der Waals surface area contributed by atoms with E-state index >= 15 is 0 Å². The maximum absolute atomic E-state index is 8.06. The summed E-state index contributed by atoms with van der Waals surface area (Å²) in [6.45, 7) is 18.5. The zero-order valence-electron chi connectivity index (χ0n) is 13.9. The number of aliphatic hydroxyl groups is 1. The predicted molar refractivity (Wildman–Crippen MR) is 80.1 cm³/mol. The summed E-state index contributed by atoms with van der Waals surface area (Å²) in [7, 11) is 0. The van der Waals surface area contributed by atoms with Crippen molar-refractivity contribution in [2.24, 2.45) is 0 Å². The van der Waals surface area contributed by atoms with Crippen LogP contribution in [0.25, 0.3) is 0 Å². The number of ether oxygens (including phenoxy) is 2. The Morgan fingerprint density at radius 2 is 1.28 bits per heavy atom. The van der Waals surface area contributed by atoms with Crippen LogP contribution in [0.1, 0.15) is 68.2 Å². The van der Waals surface area contributed by atoms with Crippen molar-refractivity contribution in [2.75, 3.05) is 19.8 Å². The summed E-state index contributed by atoms with van der Waals surface area (Å²) in [4.78, 5) is 0. The highest BCUT2D eigenvalue weighted by Crippen LogP contribution is 2.04. The van der Waals surface area contributed by atoms with Gasteiger partial charge in [0.15, 0.2) is 0 Å². The van der Waals surface area contributed by atoms with Gasteiger partial charge in [-0.15, -0.1) is 0 Å². The third kappa shape index (κ3) is 56.6. The summed E-state index contributed by atoms with van der Waals surface area (Å²) in [5, 5.41) is 8.06. The monoisotopic (exact) mass is 264 g/mol. The first-order valence-corrected chi connectivity index (χ1v) is 7.10. The van der Waals surface area contributed by atoms with Gasteiger partial charge in [0.05, 0.1) is 5.60 Å². The van der Waals surface area contributed by atoms with E-state index < -0.39 is 0 Å². The lowest BCUT2D eigenvalue weighted by molar-refractivity contribution is 0.00531. The molecule has 0 aliphatic carbocycles. The van der Waals surface area contributed by atoms with Gasteiger partial charge in [-0.25, -0.2) is 0 Å². The highest BCUT2D eigenvalue weighted by Gasteiger charge is 2.06. The molecule has 0 atom stereocenters. The molecule has 0 aromatic carbocycles. The third-order valence-electron chi connectivity index (χ3n) is 1.27. The van der Waals surface area contributed by atoms with E-state index in [0.717, 1.165) is 32.7 Å². The lowest BCUT2D eigenvalue weighted by atomic mass is 10.2. The molecule has 0 aromatic rings. The molecule has 0 aliphatic rings. The summed E-state index contributed by atoms with van der Waals surface area (Å²) in [5.41, 5.74) is 0.0503. The largest absolute Gasteiger partial charge is 0.394 e. The van der Waals surface area contributed by atoms with E-state index in [4.69, 9.17) is 14.6 Å². The molecule has 3 nitrogen and oxygen atoms in total. The van der Waals surface area contributed by atoms with Crippen LogP contribution in [0.5, 0.6) is 0 Å². The minimum absolute atomic E-state index is 0.0503. The van der Waals surface area contributed by atoms with Crippen LogP contribution in [-0.2, 0) is 9.47 Å². The second-order valence-corrected chi connectivity index (χ2v) is 5.25. The van der Waals surface area contributed by atoms with E-state index in [-0.39, 0.29) is 11.7 Å². The van der Waals surface area contributed by atoms with Crippen LogP contribution >= 0.6 is 0 Å². The lowest BCUT2D eigenvalue weighted by Crippen LogP contribution is -2.18. The lowest BCUT2D eigenvalue weighted by Gasteiger charge is -2.17. The normalized spacial score (nSPS) is 10.3.